The molecule has 1 aliphatic heterocycles. The van der Waals surface area contributed by atoms with E-state index in [9.17, 15) is 19.8 Å². The van der Waals surface area contributed by atoms with Crippen LogP contribution in [0, 0.1) is 0 Å². The number of carbonyl (C=O) groups is 2. The van der Waals surface area contributed by atoms with Gasteiger partial charge in [-0.15, -0.1) is 0 Å². The number of amides is 1. The number of aliphatic imine (C=N–C) groups is 1. The number of nitrogens with zero attached hydrogens (tertiary/aromatic N) is 2. The quantitative estimate of drug-likeness (QED) is 0.522. The van der Waals surface area contributed by atoms with E-state index < -0.39 is 5.25 Å². The van der Waals surface area contributed by atoms with E-state index >= 15 is 0 Å². The molecule has 3 aromatic rings. The highest BCUT2D eigenvalue weighted by Crippen LogP contribution is 2.36. The predicted octanol–water partition coefficient (Wildman–Crippen LogP) is 5.16. The van der Waals surface area contributed by atoms with Gasteiger partial charge in [-0.05, 0) is 72.8 Å². The average molecular weight is 453 g/mol. The van der Waals surface area contributed by atoms with Gasteiger partial charge in [0.05, 0.1) is 16.6 Å². The lowest BCUT2D eigenvalue weighted by Gasteiger charge is -2.16. The molecular formula is C23H17ClN2O4S. The summed E-state index contributed by atoms with van der Waals surface area (Å²) >= 11 is 7.09. The van der Waals surface area contributed by atoms with Gasteiger partial charge in [-0.2, -0.15) is 0 Å². The molecule has 6 nitrogen and oxygen atoms in total. The molecule has 1 atom stereocenters. The Morgan fingerprint density at radius 2 is 1.52 bits per heavy atom. The zero-order valence-electron chi connectivity index (χ0n) is 16.1. The van der Waals surface area contributed by atoms with Gasteiger partial charge in [-0.25, -0.2) is 4.99 Å². The van der Waals surface area contributed by atoms with Gasteiger partial charge in [0.25, 0.3) is 0 Å². The highest BCUT2D eigenvalue weighted by atomic mass is 35.5. The summed E-state index contributed by atoms with van der Waals surface area (Å²) in [5, 5.41) is 19.4. The summed E-state index contributed by atoms with van der Waals surface area (Å²) < 4.78 is 0. The third-order valence-electron chi connectivity index (χ3n) is 4.65. The average Bonchev–Trinajstić information content (AvgIpc) is 3.05. The van der Waals surface area contributed by atoms with Gasteiger partial charge in [0.15, 0.2) is 11.0 Å². The molecule has 1 saturated heterocycles. The maximum Gasteiger partial charge on any atom is 0.247 e. The van der Waals surface area contributed by atoms with E-state index in [4.69, 9.17) is 11.6 Å². The highest BCUT2D eigenvalue weighted by Gasteiger charge is 2.40. The molecule has 8 heteroatoms. The number of aromatic hydroxyl groups is 2. The number of Topliss-reactive ketones (excluding diaryl/α,β-unsaturated/α-hetero) is 1. The van der Waals surface area contributed by atoms with Gasteiger partial charge in [-0.3, -0.25) is 14.5 Å². The van der Waals surface area contributed by atoms with Crippen molar-refractivity contribution < 1.29 is 19.8 Å². The van der Waals surface area contributed by atoms with Crippen LogP contribution in [-0.4, -0.2) is 32.3 Å². The number of rotatable bonds is 5. The molecule has 1 amide bonds. The van der Waals surface area contributed by atoms with Crippen LogP contribution in [-0.2, 0) is 4.79 Å². The van der Waals surface area contributed by atoms with Crippen LogP contribution in [0.1, 0.15) is 16.8 Å². The monoisotopic (exact) mass is 452 g/mol. The van der Waals surface area contributed by atoms with Crippen LogP contribution in [0.3, 0.4) is 0 Å². The van der Waals surface area contributed by atoms with Crippen molar-refractivity contribution in [1.29, 1.82) is 0 Å². The molecule has 0 radical (unpaired) electrons. The van der Waals surface area contributed by atoms with E-state index in [0.29, 0.717) is 27.1 Å². The minimum Gasteiger partial charge on any atom is -0.508 e. The number of amidine groups is 1. The first-order chi connectivity index (χ1) is 14.9. The molecular weight excluding hydrogens is 436 g/mol. The van der Waals surface area contributed by atoms with Gasteiger partial charge in [0.1, 0.15) is 11.5 Å². The predicted molar refractivity (Wildman–Crippen MR) is 123 cm³/mol. The molecule has 0 spiro atoms. The number of hydrogen-bond donors (Lipinski definition) is 2. The summed E-state index contributed by atoms with van der Waals surface area (Å²) in [7, 11) is 0. The first-order valence-corrected chi connectivity index (χ1v) is 10.6. The summed E-state index contributed by atoms with van der Waals surface area (Å²) in [5.74, 6) is -0.245. The van der Waals surface area contributed by atoms with Gasteiger partial charge < -0.3 is 10.2 Å². The molecule has 4 rings (SSSR count). The fraction of sp³-hybridized carbons (Fsp3) is 0.0870. The SMILES string of the molecule is O=C(CC1SC(=Nc2ccc(O)cc2)N(c2ccc(O)cc2)C1=O)c1ccc(Cl)cc1. The first-order valence-electron chi connectivity index (χ1n) is 9.37. The largest absolute Gasteiger partial charge is 0.508 e. The standard InChI is InChI=1S/C23H17ClN2O4S/c24-15-3-1-14(2-4-15)20(29)13-21-22(30)26(17-7-11-19(28)12-8-17)23(31-21)25-16-5-9-18(27)10-6-16/h1-12,21,27-28H,13H2. The van der Waals surface area contributed by atoms with Crippen LogP contribution in [0.2, 0.25) is 5.02 Å². The summed E-state index contributed by atoms with van der Waals surface area (Å²) in [6.07, 6.45) is 0.00825. The molecule has 0 bridgehead atoms. The van der Waals surface area contributed by atoms with Crippen LogP contribution in [0.15, 0.2) is 77.8 Å². The Bertz CT molecular complexity index is 1150. The lowest BCUT2D eigenvalue weighted by molar-refractivity contribution is -0.116. The topological polar surface area (TPSA) is 90.2 Å². The minimum atomic E-state index is -0.646. The summed E-state index contributed by atoms with van der Waals surface area (Å²) in [4.78, 5) is 31.9. The molecule has 1 fully saturated rings. The molecule has 156 valence electrons. The minimum absolute atomic E-state index is 0.00825. The van der Waals surface area contributed by atoms with Gasteiger partial charge in [-0.1, -0.05) is 23.4 Å². The Balaban J connectivity index is 1.64. The summed E-state index contributed by atoms with van der Waals surface area (Å²) in [6, 6.07) is 19.0. The molecule has 0 aromatic heterocycles. The van der Waals surface area contributed by atoms with E-state index in [-0.39, 0.29) is 29.6 Å². The molecule has 3 aromatic carbocycles. The zero-order chi connectivity index (χ0) is 22.0. The number of phenolic OH excluding ortho intramolecular Hbond substituents is 2. The molecule has 31 heavy (non-hydrogen) atoms. The van der Waals surface area contributed by atoms with Gasteiger partial charge in [0, 0.05) is 17.0 Å². The number of carbonyl (C=O) groups excluding carboxylic acids is 2. The fourth-order valence-electron chi connectivity index (χ4n) is 3.07. The number of phenols is 2. The normalized spacial score (nSPS) is 17.3. The molecule has 1 aliphatic rings. The smallest absolute Gasteiger partial charge is 0.247 e. The van der Waals surface area contributed by atoms with Gasteiger partial charge >= 0.3 is 0 Å². The van der Waals surface area contributed by atoms with E-state index in [1.807, 2.05) is 0 Å². The van der Waals surface area contributed by atoms with Crippen molar-refractivity contribution in [2.24, 2.45) is 4.99 Å². The second kappa shape index (κ2) is 8.83. The van der Waals surface area contributed by atoms with Crippen molar-refractivity contribution in [3.8, 4) is 11.5 Å². The Hall–Kier alpha value is -3.29. The number of thioether (sulfide) groups is 1. The third-order valence-corrected chi connectivity index (χ3v) is 6.04. The second-order valence-electron chi connectivity index (χ2n) is 6.84. The van der Waals surface area contributed by atoms with Crippen LogP contribution in [0.5, 0.6) is 11.5 Å². The van der Waals surface area contributed by atoms with Crippen LogP contribution >= 0.6 is 23.4 Å². The van der Waals surface area contributed by atoms with E-state index in [1.54, 1.807) is 48.5 Å². The lowest BCUT2D eigenvalue weighted by Crippen LogP contribution is -2.32. The molecule has 1 heterocycles. The van der Waals surface area contributed by atoms with Crippen LogP contribution < -0.4 is 4.90 Å². The summed E-state index contributed by atoms with van der Waals surface area (Å²) in [6.45, 7) is 0. The zero-order valence-corrected chi connectivity index (χ0v) is 17.7. The van der Waals surface area contributed by atoms with Crippen molar-refractivity contribution in [3.05, 3.63) is 83.4 Å². The maximum absolute atomic E-state index is 13.2. The third kappa shape index (κ3) is 4.73. The molecule has 2 N–H and O–H groups in total. The van der Waals surface area contributed by atoms with Crippen molar-refractivity contribution in [1.82, 2.24) is 0 Å². The van der Waals surface area contributed by atoms with E-state index in [1.165, 1.54) is 40.9 Å². The first kappa shape index (κ1) is 21.0. The van der Waals surface area contributed by atoms with E-state index in [0.717, 1.165) is 0 Å². The lowest BCUT2D eigenvalue weighted by atomic mass is 10.1. The van der Waals surface area contributed by atoms with Gasteiger partial charge in [0.2, 0.25) is 5.91 Å². The van der Waals surface area contributed by atoms with E-state index in [2.05, 4.69) is 4.99 Å². The van der Waals surface area contributed by atoms with Crippen molar-refractivity contribution in [3.63, 3.8) is 0 Å². The number of anilines is 1. The van der Waals surface area contributed by atoms with Crippen molar-refractivity contribution in [2.45, 2.75) is 11.7 Å². The Morgan fingerprint density at radius 1 is 0.935 bits per heavy atom. The number of hydrogen-bond acceptors (Lipinski definition) is 6. The Morgan fingerprint density at radius 3 is 2.13 bits per heavy atom. The number of ketones is 1. The molecule has 1 unspecified atom stereocenters. The molecule has 0 saturated carbocycles. The maximum atomic E-state index is 13.2. The van der Waals surface area contributed by atoms with Crippen molar-refractivity contribution >= 4 is 51.6 Å². The Labute approximate surface area is 187 Å². The molecule has 0 aliphatic carbocycles. The Kier molecular flexibility index (Phi) is 5.97. The van der Waals surface area contributed by atoms with Crippen molar-refractivity contribution in [2.75, 3.05) is 4.90 Å². The number of halogens is 1. The highest BCUT2D eigenvalue weighted by molar-refractivity contribution is 8.16. The van der Waals surface area contributed by atoms with Crippen LogP contribution in [0.25, 0.3) is 0 Å². The fourth-order valence-corrected chi connectivity index (χ4v) is 4.35. The number of benzene rings is 3. The summed E-state index contributed by atoms with van der Waals surface area (Å²) in [5.41, 5.74) is 1.58. The second-order valence-corrected chi connectivity index (χ2v) is 8.45. The van der Waals surface area contributed by atoms with Crippen LogP contribution in [0.4, 0.5) is 11.4 Å².